The number of guanidine groups is 1. The van der Waals surface area contributed by atoms with Crippen LogP contribution in [0, 0.1) is 13.8 Å². The van der Waals surface area contributed by atoms with Crippen LogP contribution in [0.1, 0.15) is 55.6 Å². The Kier molecular flexibility index (Phi) is 8.09. The molecule has 1 fully saturated rings. The summed E-state index contributed by atoms with van der Waals surface area (Å²) in [6.45, 7) is 6.18. The number of aliphatic hydroxyl groups excluding tert-OH is 1. The molecule has 1 aliphatic carbocycles. The van der Waals surface area contributed by atoms with Gasteiger partial charge in [-0.15, -0.1) is 5.10 Å². The number of hydrogen-bond donors (Lipinski definition) is 2. The summed E-state index contributed by atoms with van der Waals surface area (Å²) in [6.07, 6.45) is 4.78. The highest BCUT2D eigenvalue weighted by Crippen LogP contribution is 2.37. The molecular formula is C23H31F2N5O2. The van der Waals surface area contributed by atoms with Crippen LogP contribution in [0.25, 0.3) is 11.1 Å². The van der Waals surface area contributed by atoms with Crippen molar-refractivity contribution in [2.24, 2.45) is 10.1 Å². The molecule has 3 rings (SSSR count). The zero-order valence-corrected chi connectivity index (χ0v) is 18.8. The first-order valence-electron chi connectivity index (χ1n) is 10.8. The predicted octanol–water partition coefficient (Wildman–Crippen LogP) is 4.22. The minimum atomic E-state index is -2.83. The van der Waals surface area contributed by atoms with E-state index in [1.807, 2.05) is 36.9 Å². The van der Waals surface area contributed by atoms with E-state index in [9.17, 15) is 13.9 Å². The Morgan fingerprint density at radius 3 is 2.62 bits per heavy atom. The van der Waals surface area contributed by atoms with Gasteiger partial charge in [0, 0.05) is 46.4 Å². The Morgan fingerprint density at radius 2 is 2.03 bits per heavy atom. The predicted molar refractivity (Wildman–Crippen MR) is 121 cm³/mol. The number of nitrogens with zero attached hydrogens (tertiary/aromatic N) is 4. The van der Waals surface area contributed by atoms with E-state index in [0.29, 0.717) is 0 Å². The third kappa shape index (κ3) is 5.98. The molecule has 2 heterocycles. The Labute approximate surface area is 187 Å². The van der Waals surface area contributed by atoms with Crippen LogP contribution in [0.4, 0.5) is 8.78 Å². The first kappa shape index (κ1) is 24.0. The number of aliphatic hydroxyl groups is 1. The average molecular weight is 448 g/mol. The van der Waals surface area contributed by atoms with Gasteiger partial charge in [-0.3, -0.25) is 4.98 Å². The summed E-state index contributed by atoms with van der Waals surface area (Å²) in [6, 6.07) is 5.69. The molecular weight excluding hydrogens is 416 g/mol. The van der Waals surface area contributed by atoms with Gasteiger partial charge in [-0.25, -0.2) is 9.67 Å². The first-order chi connectivity index (χ1) is 15.3. The van der Waals surface area contributed by atoms with Crippen molar-refractivity contribution in [1.82, 2.24) is 15.0 Å². The quantitative estimate of drug-likeness (QED) is 0.492. The minimum absolute atomic E-state index is 0.190. The molecule has 0 spiro atoms. The van der Waals surface area contributed by atoms with Gasteiger partial charge < -0.3 is 15.2 Å². The third-order valence-electron chi connectivity index (χ3n) is 5.77. The lowest BCUT2D eigenvalue weighted by molar-refractivity contribution is -0.132. The summed E-state index contributed by atoms with van der Waals surface area (Å²) in [5.74, 6) is 0.457. The number of aliphatic imine (C=N–C) groups is 1. The van der Waals surface area contributed by atoms with Crippen molar-refractivity contribution in [1.29, 1.82) is 0 Å². The summed E-state index contributed by atoms with van der Waals surface area (Å²) < 4.78 is 30.9. The van der Waals surface area contributed by atoms with Crippen LogP contribution in [-0.4, -0.2) is 52.8 Å². The number of aryl methyl sites for hydroxylation is 1. The number of pyridine rings is 1. The van der Waals surface area contributed by atoms with Crippen LogP contribution in [0.3, 0.4) is 0 Å². The first-order valence-corrected chi connectivity index (χ1v) is 10.8. The van der Waals surface area contributed by atoms with E-state index in [1.165, 1.54) is 0 Å². The van der Waals surface area contributed by atoms with E-state index >= 15 is 0 Å². The molecule has 0 bridgehead atoms. The van der Waals surface area contributed by atoms with E-state index in [0.717, 1.165) is 53.9 Å². The standard InChI is InChI=1S/C23H31F2N5O2/c1-14-5-6-18(12-27-14)20-11-21(17-7-9-19(31)10-8-17)30(16(20)3)29-23(26-4)28-15(2)13-32-22(24)25/h5-6,11-12,15,17,19,22,31H,4,7-10,13H2,1-3H3,(H,28,29)/t15-,17-,19-/m0/s1. The number of halogens is 2. The van der Waals surface area contributed by atoms with Crippen LogP contribution >= 0.6 is 0 Å². The normalized spacial score (nSPS) is 20.4. The van der Waals surface area contributed by atoms with Crippen molar-refractivity contribution in [2.75, 3.05) is 6.61 Å². The van der Waals surface area contributed by atoms with Crippen LogP contribution in [0.15, 0.2) is 34.5 Å². The highest BCUT2D eigenvalue weighted by molar-refractivity contribution is 5.84. The molecule has 174 valence electrons. The monoisotopic (exact) mass is 447 g/mol. The molecule has 9 heteroatoms. The molecule has 1 saturated carbocycles. The molecule has 2 N–H and O–H groups in total. The topological polar surface area (TPSA) is 84.0 Å². The highest BCUT2D eigenvalue weighted by Gasteiger charge is 2.26. The molecule has 2 aromatic heterocycles. The van der Waals surface area contributed by atoms with E-state index < -0.39 is 12.7 Å². The van der Waals surface area contributed by atoms with E-state index in [-0.39, 0.29) is 24.6 Å². The van der Waals surface area contributed by atoms with Gasteiger partial charge in [0.25, 0.3) is 0 Å². The minimum Gasteiger partial charge on any atom is -0.393 e. The van der Waals surface area contributed by atoms with Crippen molar-refractivity contribution >= 4 is 12.7 Å². The van der Waals surface area contributed by atoms with Gasteiger partial charge in [-0.2, -0.15) is 8.78 Å². The zero-order chi connectivity index (χ0) is 23.3. The summed E-state index contributed by atoms with van der Waals surface area (Å²) >= 11 is 0. The van der Waals surface area contributed by atoms with Gasteiger partial charge >= 0.3 is 6.61 Å². The lowest BCUT2D eigenvalue weighted by atomic mass is 9.85. The van der Waals surface area contributed by atoms with E-state index in [4.69, 9.17) is 0 Å². The fourth-order valence-electron chi connectivity index (χ4n) is 4.02. The van der Waals surface area contributed by atoms with Crippen LogP contribution in [0.5, 0.6) is 0 Å². The van der Waals surface area contributed by atoms with E-state index in [2.05, 4.69) is 37.9 Å². The summed E-state index contributed by atoms with van der Waals surface area (Å²) in [4.78, 5) is 8.37. The van der Waals surface area contributed by atoms with Gasteiger partial charge in [0.2, 0.25) is 5.96 Å². The van der Waals surface area contributed by atoms with Crippen molar-refractivity contribution in [2.45, 2.75) is 71.1 Å². The Morgan fingerprint density at radius 1 is 1.31 bits per heavy atom. The molecule has 0 saturated heterocycles. The van der Waals surface area contributed by atoms with Crippen molar-refractivity contribution in [3.63, 3.8) is 0 Å². The molecule has 0 aromatic carbocycles. The van der Waals surface area contributed by atoms with Gasteiger partial charge in [-0.1, -0.05) is 6.07 Å². The van der Waals surface area contributed by atoms with Gasteiger partial charge in [-0.05, 0) is 65.3 Å². The van der Waals surface area contributed by atoms with Crippen molar-refractivity contribution < 1.29 is 18.6 Å². The lowest BCUT2D eigenvalue weighted by Crippen LogP contribution is -2.36. The average Bonchev–Trinajstić information content (AvgIpc) is 3.09. The molecule has 1 atom stereocenters. The number of nitrogens with one attached hydrogen (secondary N) is 1. The number of rotatable bonds is 7. The zero-order valence-electron chi connectivity index (χ0n) is 18.8. The fraction of sp³-hybridized carbons (Fsp3) is 0.522. The maximum atomic E-state index is 12.3. The highest BCUT2D eigenvalue weighted by atomic mass is 19.3. The third-order valence-corrected chi connectivity index (χ3v) is 5.77. The molecule has 0 amide bonds. The lowest BCUT2D eigenvalue weighted by Gasteiger charge is -2.26. The maximum Gasteiger partial charge on any atom is 0.345 e. The van der Waals surface area contributed by atoms with Crippen molar-refractivity contribution in [3.8, 4) is 11.1 Å². The fourth-order valence-corrected chi connectivity index (χ4v) is 4.02. The number of aromatic nitrogens is 2. The largest absolute Gasteiger partial charge is 0.393 e. The van der Waals surface area contributed by atoms with Crippen LogP contribution in [0.2, 0.25) is 0 Å². The van der Waals surface area contributed by atoms with Crippen molar-refractivity contribution in [3.05, 3.63) is 41.5 Å². The van der Waals surface area contributed by atoms with E-state index in [1.54, 1.807) is 6.92 Å². The van der Waals surface area contributed by atoms with Gasteiger partial charge in [0.05, 0.1) is 12.7 Å². The number of ether oxygens (including phenoxy) is 1. The molecule has 1 aliphatic rings. The summed E-state index contributed by atoms with van der Waals surface area (Å²) in [7, 11) is 0. The molecule has 0 radical (unpaired) electrons. The molecule has 32 heavy (non-hydrogen) atoms. The Balaban J connectivity index is 1.96. The Bertz CT molecular complexity index is 935. The summed E-state index contributed by atoms with van der Waals surface area (Å²) in [5, 5.41) is 17.6. The second-order valence-corrected chi connectivity index (χ2v) is 8.29. The maximum absolute atomic E-state index is 12.3. The van der Waals surface area contributed by atoms with Crippen LogP contribution < -0.4 is 5.32 Å². The van der Waals surface area contributed by atoms with Gasteiger partial charge in [0.1, 0.15) is 0 Å². The molecule has 0 unspecified atom stereocenters. The molecule has 0 aliphatic heterocycles. The summed E-state index contributed by atoms with van der Waals surface area (Å²) in [5.41, 5.74) is 4.87. The molecule has 2 aromatic rings. The number of hydrogen-bond acceptors (Lipinski definition) is 4. The SMILES string of the molecule is C=N/C(=N\n1c(C)c(-c2ccc(C)nc2)cc1[C@H]1CC[C@H](O)CC1)N[C@@H](C)COC(F)F. The van der Waals surface area contributed by atoms with Gasteiger partial charge in [0.15, 0.2) is 0 Å². The second-order valence-electron chi connectivity index (χ2n) is 8.29. The number of alkyl halides is 2. The second kappa shape index (κ2) is 10.8. The Hall–Kier alpha value is -2.65. The van der Waals surface area contributed by atoms with Crippen LogP contribution in [-0.2, 0) is 4.74 Å². The smallest absolute Gasteiger partial charge is 0.345 e. The molecule has 7 nitrogen and oxygen atoms in total.